The fourth-order valence-electron chi connectivity index (χ4n) is 3.36. The zero-order chi connectivity index (χ0) is 24.5. The van der Waals surface area contributed by atoms with Crippen LogP contribution in [0.25, 0.3) is 0 Å². The monoisotopic (exact) mass is 457 g/mol. The molecule has 0 aliphatic carbocycles. The number of anilines is 2. The van der Waals surface area contributed by atoms with Crippen molar-refractivity contribution in [1.82, 2.24) is 4.90 Å². The molecule has 0 spiro atoms. The van der Waals surface area contributed by atoms with Gasteiger partial charge in [-0.3, -0.25) is 19.3 Å². The molecule has 0 aromatic heterocycles. The van der Waals surface area contributed by atoms with E-state index in [9.17, 15) is 9.59 Å². The molecule has 2 aromatic carbocycles. The molecule has 2 aromatic rings. The lowest BCUT2D eigenvalue weighted by Gasteiger charge is -2.17. The third kappa shape index (κ3) is 7.13. The maximum absolute atomic E-state index is 12.7. The van der Waals surface area contributed by atoms with Crippen molar-refractivity contribution in [3.63, 3.8) is 0 Å². The molecule has 1 atom stereocenters. The quantitative estimate of drug-likeness (QED) is 0.583. The van der Waals surface area contributed by atoms with Gasteiger partial charge >= 0.3 is 0 Å². The second-order valence-corrected chi connectivity index (χ2v) is 7.68. The standard InChI is InChI=1S/C22H27N3O4.C2H4O2/c1-24(2)17-8-6-16(7-9-17)23-18-14-21(26)25(22(18)27)12-11-15-5-10-19(28-3)20(13-15)29-4;1-2(3)4/h5-10,13,18,23H,11-12,14H2,1-4H3;1H3,(H,3,4). The average Bonchev–Trinajstić information content (AvgIpc) is 3.04. The van der Waals surface area contributed by atoms with Crippen LogP contribution in [0.5, 0.6) is 11.5 Å². The highest BCUT2D eigenvalue weighted by Gasteiger charge is 2.38. The highest BCUT2D eigenvalue weighted by atomic mass is 16.5. The van der Waals surface area contributed by atoms with Gasteiger partial charge in [0.2, 0.25) is 5.91 Å². The molecule has 9 heteroatoms. The highest BCUT2D eigenvalue weighted by Crippen LogP contribution is 2.28. The van der Waals surface area contributed by atoms with Gasteiger partial charge in [-0.25, -0.2) is 0 Å². The molecule has 1 saturated heterocycles. The smallest absolute Gasteiger partial charge is 0.300 e. The molecular formula is C24H31N3O6. The molecule has 1 fully saturated rings. The lowest BCUT2D eigenvalue weighted by atomic mass is 10.1. The van der Waals surface area contributed by atoms with E-state index in [2.05, 4.69) is 5.32 Å². The molecule has 0 saturated carbocycles. The number of imide groups is 1. The van der Waals surface area contributed by atoms with Gasteiger partial charge in [-0.1, -0.05) is 6.07 Å². The number of carboxylic acids is 1. The first-order valence-electron chi connectivity index (χ1n) is 10.4. The number of aliphatic carboxylic acids is 1. The van der Waals surface area contributed by atoms with Crippen LogP contribution in [0.2, 0.25) is 0 Å². The van der Waals surface area contributed by atoms with E-state index in [-0.39, 0.29) is 18.2 Å². The van der Waals surface area contributed by atoms with Crippen molar-refractivity contribution in [2.45, 2.75) is 25.8 Å². The molecule has 33 heavy (non-hydrogen) atoms. The predicted octanol–water partition coefficient (Wildman–Crippen LogP) is 2.64. The molecule has 178 valence electrons. The van der Waals surface area contributed by atoms with E-state index < -0.39 is 12.0 Å². The second-order valence-electron chi connectivity index (χ2n) is 7.68. The highest BCUT2D eigenvalue weighted by molar-refractivity contribution is 6.06. The zero-order valence-electron chi connectivity index (χ0n) is 19.6. The molecule has 2 N–H and O–H groups in total. The van der Waals surface area contributed by atoms with E-state index in [1.165, 1.54) is 4.90 Å². The number of carboxylic acid groups (broad SMARTS) is 1. The zero-order valence-corrected chi connectivity index (χ0v) is 19.6. The van der Waals surface area contributed by atoms with Crippen LogP contribution in [0.15, 0.2) is 42.5 Å². The summed E-state index contributed by atoms with van der Waals surface area (Å²) in [5.74, 6) is 0.101. The number of methoxy groups -OCH3 is 2. The average molecular weight is 458 g/mol. The van der Waals surface area contributed by atoms with Gasteiger partial charge < -0.3 is 24.8 Å². The van der Waals surface area contributed by atoms with Gasteiger partial charge in [0.1, 0.15) is 6.04 Å². The SMILES string of the molecule is CC(=O)O.COc1ccc(CCN2C(=O)CC(Nc3ccc(N(C)C)cc3)C2=O)cc1OC. The first kappa shape index (κ1) is 25.5. The van der Waals surface area contributed by atoms with Gasteiger partial charge in [0.15, 0.2) is 11.5 Å². The number of carbonyl (C=O) groups is 3. The van der Waals surface area contributed by atoms with Gasteiger partial charge in [-0.2, -0.15) is 0 Å². The number of rotatable bonds is 8. The van der Waals surface area contributed by atoms with Crippen molar-refractivity contribution in [1.29, 1.82) is 0 Å². The molecule has 0 radical (unpaired) electrons. The Labute approximate surface area is 193 Å². The Bertz CT molecular complexity index is 971. The van der Waals surface area contributed by atoms with Crippen molar-refractivity contribution in [3.05, 3.63) is 48.0 Å². The van der Waals surface area contributed by atoms with Crippen molar-refractivity contribution < 1.29 is 29.0 Å². The van der Waals surface area contributed by atoms with Crippen molar-refractivity contribution in [2.75, 3.05) is 45.1 Å². The number of ether oxygens (including phenoxy) is 2. The maximum atomic E-state index is 12.7. The van der Waals surface area contributed by atoms with Gasteiger partial charge in [0.25, 0.3) is 11.9 Å². The summed E-state index contributed by atoms with van der Waals surface area (Å²) < 4.78 is 10.6. The Morgan fingerprint density at radius 1 is 1.09 bits per heavy atom. The Morgan fingerprint density at radius 2 is 1.70 bits per heavy atom. The molecular weight excluding hydrogens is 426 g/mol. The van der Waals surface area contributed by atoms with Gasteiger partial charge in [-0.05, 0) is 48.4 Å². The maximum Gasteiger partial charge on any atom is 0.300 e. The topological polar surface area (TPSA) is 108 Å². The molecule has 1 aliphatic heterocycles. The lowest BCUT2D eigenvalue weighted by Crippen LogP contribution is -2.36. The summed E-state index contributed by atoms with van der Waals surface area (Å²) in [5.41, 5.74) is 2.86. The van der Waals surface area contributed by atoms with Crippen LogP contribution >= 0.6 is 0 Å². The van der Waals surface area contributed by atoms with Crippen molar-refractivity contribution in [2.24, 2.45) is 0 Å². The minimum atomic E-state index is -0.833. The molecule has 0 bridgehead atoms. The van der Waals surface area contributed by atoms with Crippen LogP contribution < -0.4 is 19.7 Å². The van der Waals surface area contributed by atoms with E-state index in [1.807, 2.05) is 61.5 Å². The van der Waals surface area contributed by atoms with Crippen LogP contribution in [0.3, 0.4) is 0 Å². The normalized spacial score (nSPS) is 14.9. The van der Waals surface area contributed by atoms with Crippen molar-refractivity contribution >= 4 is 29.2 Å². The summed E-state index contributed by atoms with van der Waals surface area (Å²) >= 11 is 0. The largest absolute Gasteiger partial charge is 0.493 e. The van der Waals surface area contributed by atoms with E-state index in [0.29, 0.717) is 24.5 Å². The summed E-state index contributed by atoms with van der Waals surface area (Å²) in [6, 6.07) is 12.8. The van der Waals surface area contributed by atoms with Crippen molar-refractivity contribution in [3.8, 4) is 11.5 Å². The summed E-state index contributed by atoms with van der Waals surface area (Å²) in [4.78, 5) is 37.5. The lowest BCUT2D eigenvalue weighted by molar-refractivity contribution is -0.138. The Kier molecular flexibility index (Phi) is 9.08. The first-order chi connectivity index (χ1) is 15.7. The first-order valence-corrected chi connectivity index (χ1v) is 10.4. The minimum absolute atomic E-state index is 0.155. The van der Waals surface area contributed by atoms with Gasteiger partial charge in [0, 0.05) is 38.9 Å². The molecule has 3 rings (SSSR count). The summed E-state index contributed by atoms with van der Waals surface area (Å²) in [7, 11) is 7.10. The number of carbonyl (C=O) groups excluding carboxylic acids is 2. The van der Waals surface area contributed by atoms with E-state index in [1.54, 1.807) is 14.2 Å². The number of hydrogen-bond donors (Lipinski definition) is 2. The molecule has 1 heterocycles. The van der Waals surface area contributed by atoms with Crippen LogP contribution in [0.4, 0.5) is 11.4 Å². The summed E-state index contributed by atoms with van der Waals surface area (Å²) in [6.45, 7) is 1.42. The Balaban J connectivity index is 0.000000890. The van der Waals surface area contributed by atoms with Crippen LogP contribution in [-0.4, -0.2) is 68.7 Å². The number of amides is 2. The number of hydrogen-bond acceptors (Lipinski definition) is 7. The third-order valence-electron chi connectivity index (χ3n) is 5.04. The molecule has 1 aliphatic rings. The summed E-state index contributed by atoms with van der Waals surface area (Å²) in [5, 5.41) is 10.6. The number of likely N-dealkylation sites (tertiary alicyclic amines) is 1. The molecule has 2 amide bonds. The molecule has 9 nitrogen and oxygen atoms in total. The van der Waals surface area contributed by atoms with Gasteiger partial charge in [-0.15, -0.1) is 0 Å². The Morgan fingerprint density at radius 3 is 2.24 bits per heavy atom. The van der Waals surface area contributed by atoms with Crippen LogP contribution in [-0.2, 0) is 20.8 Å². The van der Waals surface area contributed by atoms with Crippen LogP contribution in [0, 0.1) is 0 Å². The van der Waals surface area contributed by atoms with Crippen LogP contribution in [0.1, 0.15) is 18.9 Å². The van der Waals surface area contributed by atoms with E-state index in [0.717, 1.165) is 23.9 Å². The third-order valence-corrected chi connectivity index (χ3v) is 5.04. The number of nitrogens with one attached hydrogen (secondary N) is 1. The van der Waals surface area contributed by atoms with Gasteiger partial charge in [0.05, 0.1) is 20.6 Å². The van der Waals surface area contributed by atoms with E-state index in [4.69, 9.17) is 19.4 Å². The Hall–Kier alpha value is -3.75. The van der Waals surface area contributed by atoms with E-state index >= 15 is 0 Å². The fourth-order valence-corrected chi connectivity index (χ4v) is 3.36. The summed E-state index contributed by atoms with van der Waals surface area (Å²) in [6.07, 6.45) is 0.724. The predicted molar refractivity (Wildman–Crippen MR) is 126 cm³/mol. The second kappa shape index (κ2) is 11.8. The number of nitrogens with zero attached hydrogens (tertiary/aromatic N) is 2. The number of benzene rings is 2. The minimum Gasteiger partial charge on any atom is -0.493 e. The molecule has 1 unspecified atom stereocenters. The fraction of sp³-hybridized carbons (Fsp3) is 0.375.